The van der Waals surface area contributed by atoms with E-state index >= 15 is 0 Å². The zero-order valence-corrected chi connectivity index (χ0v) is 20.1. The number of β-amino-alcohol motifs (C(OH)–C–C–N with tert-alkyl or cyclic N) is 1. The van der Waals surface area contributed by atoms with E-state index in [2.05, 4.69) is 39.6 Å². The lowest BCUT2D eigenvalue weighted by atomic mass is 9.84. The van der Waals surface area contributed by atoms with E-state index in [1.54, 1.807) is 0 Å². The molecule has 1 atom stereocenters. The number of rotatable bonds is 5. The number of hydrogen-bond donors (Lipinski definition) is 4. The average Bonchev–Trinajstić information content (AvgIpc) is 3.31. The van der Waals surface area contributed by atoms with Crippen LogP contribution in [0.2, 0.25) is 0 Å². The maximum absolute atomic E-state index is 13.4. The molecular weight excluding hydrogens is 466 g/mol. The maximum atomic E-state index is 13.4. The third-order valence-electron chi connectivity index (χ3n) is 7.79. The molecule has 2 aliphatic heterocycles. The fraction of sp³-hybridized carbons (Fsp3) is 0.444. The summed E-state index contributed by atoms with van der Waals surface area (Å²) in [6, 6.07) is 11.1. The second-order valence-electron chi connectivity index (χ2n) is 10.0. The van der Waals surface area contributed by atoms with E-state index in [0.29, 0.717) is 12.5 Å². The molecule has 7 nitrogen and oxygen atoms in total. The van der Waals surface area contributed by atoms with E-state index < -0.39 is 29.4 Å². The molecule has 9 heteroatoms. The van der Waals surface area contributed by atoms with Gasteiger partial charge in [0, 0.05) is 48.5 Å². The summed E-state index contributed by atoms with van der Waals surface area (Å²) in [5.41, 5.74) is 1.39. The van der Waals surface area contributed by atoms with Crippen LogP contribution in [0.1, 0.15) is 37.2 Å². The summed E-state index contributed by atoms with van der Waals surface area (Å²) in [7, 11) is 0. The smallest absolute Gasteiger partial charge is 0.321 e. The highest BCUT2D eigenvalue weighted by molar-refractivity contribution is 5.89. The first-order chi connectivity index (χ1) is 17.3. The number of likely N-dealkylation sites (tertiary alicyclic amines) is 2. The van der Waals surface area contributed by atoms with Gasteiger partial charge in [0.1, 0.15) is 0 Å². The molecule has 5 rings (SSSR count). The van der Waals surface area contributed by atoms with Crippen LogP contribution in [0.25, 0.3) is 10.9 Å². The molecule has 1 aromatic heterocycles. The van der Waals surface area contributed by atoms with Crippen LogP contribution in [-0.2, 0) is 0 Å². The highest BCUT2D eigenvalue weighted by Crippen LogP contribution is 2.34. The molecule has 0 bridgehead atoms. The molecule has 4 N–H and O–H groups in total. The number of amides is 2. The number of piperidine rings is 2. The summed E-state index contributed by atoms with van der Waals surface area (Å²) in [4.78, 5) is 19.6. The van der Waals surface area contributed by atoms with Gasteiger partial charge in [0.25, 0.3) is 0 Å². The number of urea groups is 1. The number of halogens is 2. The van der Waals surface area contributed by atoms with Gasteiger partial charge in [-0.2, -0.15) is 0 Å². The van der Waals surface area contributed by atoms with Crippen LogP contribution in [0, 0.1) is 11.6 Å². The van der Waals surface area contributed by atoms with Crippen molar-refractivity contribution in [1.82, 2.24) is 14.8 Å². The van der Waals surface area contributed by atoms with Crippen LogP contribution < -0.4 is 5.32 Å². The van der Waals surface area contributed by atoms with Crippen LogP contribution in [0.15, 0.2) is 48.7 Å². The minimum absolute atomic E-state index is 0.163. The number of nitrogens with zero attached hydrogens (tertiary/aromatic N) is 2. The van der Waals surface area contributed by atoms with Gasteiger partial charge in [0.2, 0.25) is 0 Å². The molecule has 1 unspecified atom stereocenters. The van der Waals surface area contributed by atoms with Crippen molar-refractivity contribution in [3.05, 3.63) is 65.9 Å². The topological polar surface area (TPSA) is 91.8 Å². The van der Waals surface area contributed by atoms with E-state index in [9.17, 15) is 23.8 Å². The Hall–Kier alpha value is -3.01. The summed E-state index contributed by atoms with van der Waals surface area (Å²) in [5.74, 6) is -1.55. The van der Waals surface area contributed by atoms with Gasteiger partial charge in [-0.05, 0) is 68.5 Å². The van der Waals surface area contributed by atoms with Crippen molar-refractivity contribution in [2.45, 2.75) is 43.3 Å². The van der Waals surface area contributed by atoms with E-state index in [4.69, 9.17) is 0 Å². The number of aliphatic hydroxyl groups excluding tert-OH is 1. The van der Waals surface area contributed by atoms with Crippen molar-refractivity contribution in [3.8, 4) is 0 Å². The van der Waals surface area contributed by atoms with Gasteiger partial charge in [-0.15, -0.1) is 0 Å². The van der Waals surface area contributed by atoms with Crippen molar-refractivity contribution in [2.24, 2.45) is 0 Å². The van der Waals surface area contributed by atoms with Gasteiger partial charge in [0.15, 0.2) is 11.6 Å². The van der Waals surface area contributed by atoms with E-state index in [1.165, 1.54) is 21.9 Å². The number of aromatic nitrogens is 1. The monoisotopic (exact) mass is 498 g/mol. The van der Waals surface area contributed by atoms with Crippen molar-refractivity contribution < 1.29 is 23.8 Å². The average molecular weight is 499 g/mol. The number of anilines is 1. The number of aromatic amines is 1. The lowest BCUT2D eigenvalue weighted by molar-refractivity contribution is -0.113. The first kappa shape index (κ1) is 24.7. The van der Waals surface area contributed by atoms with Crippen molar-refractivity contribution in [3.63, 3.8) is 0 Å². The first-order valence-corrected chi connectivity index (χ1v) is 12.5. The summed E-state index contributed by atoms with van der Waals surface area (Å²) >= 11 is 0. The minimum Gasteiger partial charge on any atom is -0.389 e. The van der Waals surface area contributed by atoms with Crippen LogP contribution >= 0.6 is 0 Å². The Morgan fingerprint density at radius 2 is 1.81 bits per heavy atom. The van der Waals surface area contributed by atoms with Crippen molar-refractivity contribution in [1.29, 1.82) is 0 Å². The van der Waals surface area contributed by atoms with Gasteiger partial charge in [-0.1, -0.05) is 18.2 Å². The van der Waals surface area contributed by atoms with Gasteiger partial charge in [0.05, 0.1) is 11.7 Å². The molecule has 0 aliphatic carbocycles. The SMILES string of the molecule is O=C(Nc1ccc(F)c(F)c1)N1CCC(O)(C(O)CN2CCC(c3c[nH]c4ccccc34)CC2)CC1. The highest BCUT2D eigenvalue weighted by atomic mass is 19.2. The second-order valence-corrected chi connectivity index (χ2v) is 10.0. The van der Waals surface area contributed by atoms with Gasteiger partial charge in [-0.3, -0.25) is 0 Å². The molecule has 3 heterocycles. The zero-order valence-electron chi connectivity index (χ0n) is 20.1. The van der Waals surface area contributed by atoms with Crippen molar-refractivity contribution >= 4 is 22.6 Å². The predicted octanol–water partition coefficient (Wildman–Crippen LogP) is 4.05. The summed E-state index contributed by atoms with van der Waals surface area (Å²) in [6.45, 7) is 2.59. The van der Waals surface area contributed by atoms with Crippen LogP contribution in [0.4, 0.5) is 19.3 Å². The molecule has 0 spiro atoms. The number of H-pyrrole nitrogens is 1. The highest BCUT2D eigenvalue weighted by Gasteiger charge is 2.41. The molecule has 2 fully saturated rings. The number of carbonyl (C=O) groups excluding carboxylic acids is 1. The normalized spacial score (nSPS) is 19.9. The van der Waals surface area contributed by atoms with E-state index in [0.717, 1.165) is 43.6 Å². The maximum Gasteiger partial charge on any atom is 0.321 e. The van der Waals surface area contributed by atoms with Gasteiger partial charge in [-0.25, -0.2) is 13.6 Å². The van der Waals surface area contributed by atoms with Crippen LogP contribution in [0.5, 0.6) is 0 Å². The van der Waals surface area contributed by atoms with Crippen molar-refractivity contribution in [2.75, 3.05) is 38.0 Å². The molecular formula is C27H32F2N4O3. The standard InChI is InChI=1S/C27H32F2N4O3/c28-22-6-5-19(15-23(22)29)31-26(35)33-13-9-27(36,10-14-33)25(34)17-32-11-7-18(8-12-32)21-16-30-24-4-2-1-3-20(21)24/h1-6,15-16,18,25,30,34,36H,7-14,17H2,(H,31,35). The molecule has 36 heavy (non-hydrogen) atoms. The first-order valence-electron chi connectivity index (χ1n) is 12.5. The second kappa shape index (κ2) is 10.2. The molecule has 2 aromatic carbocycles. The quantitative estimate of drug-likeness (QED) is 0.427. The molecule has 192 valence electrons. The summed E-state index contributed by atoms with van der Waals surface area (Å²) in [6.07, 6.45) is 3.66. The number of fused-ring (bicyclic) bond motifs is 1. The lowest BCUT2D eigenvalue weighted by Crippen LogP contribution is -2.56. The fourth-order valence-electron chi connectivity index (χ4n) is 5.48. The molecule has 2 amide bonds. The summed E-state index contributed by atoms with van der Waals surface area (Å²) in [5, 5.41) is 25.8. The third-order valence-corrected chi connectivity index (χ3v) is 7.79. The molecule has 3 aromatic rings. The Morgan fingerprint density at radius 3 is 2.53 bits per heavy atom. The Labute approximate surface area is 208 Å². The largest absolute Gasteiger partial charge is 0.389 e. The molecule has 2 saturated heterocycles. The predicted molar refractivity (Wildman–Crippen MR) is 134 cm³/mol. The van der Waals surface area contributed by atoms with Crippen LogP contribution in [-0.4, -0.2) is 75.5 Å². The Morgan fingerprint density at radius 1 is 1.08 bits per heavy atom. The third kappa shape index (κ3) is 5.09. The molecule has 0 saturated carbocycles. The zero-order chi connectivity index (χ0) is 25.3. The number of nitrogens with one attached hydrogen (secondary N) is 2. The van der Waals surface area contributed by atoms with E-state index in [-0.39, 0.29) is 31.6 Å². The molecule has 2 aliphatic rings. The lowest BCUT2D eigenvalue weighted by Gasteiger charge is -2.43. The number of aliphatic hydroxyl groups is 2. The molecule has 0 radical (unpaired) electrons. The number of para-hydroxylation sites is 1. The number of carbonyl (C=O) groups is 1. The number of hydrogen-bond acceptors (Lipinski definition) is 4. The Balaban J connectivity index is 1.10. The number of benzene rings is 2. The fourth-order valence-corrected chi connectivity index (χ4v) is 5.48. The van der Waals surface area contributed by atoms with Crippen LogP contribution in [0.3, 0.4) is 0 Å². The summed E-state index contributed by atoms with van der Waals surface area (Å²) < 4.78 is 26.5. The minimum atomic E-state index is -1.27. The Bertz CT molecular complexity index is 1220. The Kier molecular flexibility index (Phi) is 6.96. The van der Waals surface area contributed by atoms with Gasteiger partial charge < -0.3 is 30.3 Å². The van der Waals surface area contributed by atoms with Gasteiger partial charge >= 0.3 is 6.03 Å². The van der Waals surface area contributed by atoms with E-state index in [1.807, 2.05) is 6.07 Å².